The number of hydrogen-bond donors (Lipinski definition) is 1. The minimum atomic E-state index is -4.59. The molecule has 0 atom stereocenters. The Balaban J connectivity index is 0. The van der Waals surface area contributed by atoms with E-state index in [1.54, 1.807) is 0 Å². The van der Waals surface area contributed by atoms with Crippen molar-refractivity contribution in [2.75, 3.05) is 13.1 Å². The van der Waals surface area contributed by atoms with Crippen molar-refractivity contribution in [3.8, 4) is 0 Å². The molecule has 0 heterocycles. The Hall–Kier alpha value is 0.540. The van der Waals surface area contributed by atoms with Gasteiger partial charge in [0.1, 0.15) is 0 Å². The maximum absolute atomic E-state index is 11.2. The Morgan fingerprint density at radius 1 is 0.750 bits per heavy atom. The van der Waals surface area contributed by atoms with Gasteiger partial charge in [-0.05, 0) is 0 Å². The third-order valence-electron chi connectivity index (χ3n) is 0.651. The van der Waals surface area contributed by atoms with Crippen LogP contribution in [-0.2, 0) is 0 Å². The quantitative estimate of drug-likeness (QED) is 0.524. The van der Waals surface area contributed by atoms with Crippen LogP contribution >= 0.6 is 0 Å². The van der Waals surface area contributed by atoms with E-state index >= 15 is 0 Å². The standard InChI is InChI=1S/C4H5F6N.Na.H/c5-3(6,7)1-11-2-4(8,9)10;;/h11H,1-2H2;;. The fourth-order valence-electron chi connectivity index (χ4n) is 0.346. The first-order chi connectivity index (χ1) is 4.71. The molecule has 0 radical (unpaired) electrons. The van der Waals surface area contributed by atoms with Crippen molar-refractivity contribution in [1.29, 1.82) is 0 Å². The van der Waals surface area contributed by atoms with Crippen LogP contribution in [0.5, 0.6) is 0 Å². The Morgan fingerprint density at radius 3 is 1.17 bits per heavy atom. The van der Waals surface area contributed by atoms with E-state index in [0.29, 0.717) is 0 Å². The number of rotatable bonds is 2. The van der Waals surface area contributed by atoms with Crippen molar-refractivity contribution in [2.24, 2.45) is 0 Å². The van der Waals surface area contributed by atoms with Crippen LogP contribution in [0.1, 0.15) is 0 Å². The molecule has 1 nitrogen and oxygen atoms in total. The molecule has 0 saturated heterocycles. The van der Waals surface area contributed by atoms with Crippen molar-refractivity contribution in [3.63, 3.8) is 0 Å². The fraction of sp³-hybridized carbons (Fsp3) is 1.00. The monoisotopic (exact) mass is 205 g/mol. The van der Waals surface area contributed by atoms with Gasteiger partial charge in [0.05, 0.1) is 13.1 Å². The van der Waals surface area contributed by atoms with Crippen LogP contribution in [0.3, 0.4) is 0 Å². The molecule has 1 N–H and O–H groups in total. The molecule has 0 spiro atoms. The zero-order valence-corrected chi connectivity index (χ0v) is 5.18. The molecular weight excluding hydrogens is 199 g/mol. The van der Waals surface area contributed by atoms with Gasteiger partial charge in [-0.15, -0.1) is 0 Å². The Morgan fingerprint density at radius 2 is 1.00 bits per heavy atom. The number of nitrogens with one attached hydrogen (secondary N) is 1. The molecule has 0 fully saturated rings. The molecule has 70 valence electrons. The first-order valence-electron chi connectivity index (χ1n) is 2.55. The molecule has 0 bridgehead atoms. The molecular formula is C4H6F6NNa. The normalized spacial score (nSPS) is 12.5. The van der Waals surface area contributed by atoms with Crippen LogP contribution in [0.15, 0.2) is 0 Å². The summed E-state index contributed by atoms with van der Waals surface area (Å²) in [4.78, 5) is 0. The summed E-state index contributed by atoms with van der Waals surface area (Å²) in [5.74, 6) is 0. The van der Waals surface area contributed by atoms with Crippen molar-refractivity contribution < 1.29 is 26.3 Å². The van der Waals surface area contributed by atoms with Crippen molar-refractivity contribution in [3.05, 3.63) is 0 Å². The molecule has 0 aliphatic carbocycles. The van der Waals surface area contributed by atoms with Crippen LogP contribution in [0, 0.1) is 0 Å². The second-order valence-electron chi connectivity index (χ2n) is 1.83. The third kappa shape index (κ3) is 13.2. The maximum atomic E-state index is 11.2. The summed E-state index contributed by atoms with van der Waals surface area (Å²) in [5.41, 5.74) is 0. The van der Waals surface area contributed by atoms with Crippen molar-refractivity contribution >= 4 is 29.6 Å². The summed E-state index contributed by atoms with van der Waals surface area (Å²) in [7, 11) is 0. The zero-order chi connectivity index (χ0) is 9.12. The van der Waals surface area contributed by atoms with Gasteiger partial charge in [-0.1, -0.05) is 0 Å². The number of halogens is 6. The second kappa shape index (κ2) is 5.31. The summed E-state index contributed by atoms with van der Waals surface area (Å²) in [6, 6.07) is 0. The van der Waals surface area contributed by atoms with E-state index in [0.717, 1.165) is 0 Å². The third-order valence-corrected chi connectivity index (χ3v) is 0.651. The summed E-state index contributed by atoms with van der Waals surface area (Å²) in [6.07, 6.45) is -9.18. The van der Waals surface area contributed by atoms with Gasteiger partial charge in [-0.3, -0.25) is 0 Å². The van der Waals surface area contributed by atoms with Gasteiger partial charge in [0.2, 0.25) is 0 Å². The van der Waals surface area contributed by atoms with Gasteiger partial charge >= 0.3 is 41.9 Å². The van der Waals surface area contributed by atoms with Gasteiger partial charge in [-0.2, -0.15) is 26.3 Å². The van der Waals surface area contributed by atoms with Crippen LogP contribution in [0.4, 0.5) is 26.3 Å². The van der Waals surface area contributed by atoms with Gasteiger partial charge in [0.15, 0.2) is 0 Å². The van der Waals surface area contributed by atoms with E-state index in [9.17, 15) is 26.3 Å². The molecule has 0 saturated carbocycles. The molecule has 0 aliphatic heterocycles. The first kappa shape index (κ1) is 15.0. The average molecular weight is 205 g/mol. The molecule has 0 aliphatic rings. The summed E-state index contributed by atoms with van der Waals surface area (Å²) in [6.45, 7) is -3.24. The summed E-state index contributed by atoms with van der Waals surface area (Å²) < 4.78 is 67.2. The average Bonchev–Trinajstić information content (AvgIpc) is 1.55. The first-order valence-corrected chi connectivity index (χ1v) is 2.55. The van der Waals surface area contributed by atoms with E-state index in [2.05, 4.69) is 0 Å². The minimum absolute atomic E-state index is 0. The number of alkyl halides is 6. The van der Waals surface area contributed by atoms with Crippen LogP contribution in [0.25, 0.3) is 0 Å². The van der Waals surface area contributed by atoms with Crippen molar-refractivity contribution in [2.45, 2.75) is 12.4 Å². The number of hydrogen-bond acceptors (Lipinski definition) is 1. The molecule has 0 rings (SSSR count). The summed E-state index contributed by atoms with van der Waals surface area (Å²) in [5, 5.41) is 1.22. The van der Waals surface area contributed by atoms with E-state index in [1.807, 2.05) is 0 Å². The SMILES string of the molecule is FC(F)(F)CNCC(F)(F)F.[NaH]. The van der Waals surface area contributed by atoms with Crippen LogP contribution < -0.4 is 5.32 Å². The predicted octanol–water partition coefficient (Wildman–Crippen LogP) is 1.05. The molecule has 0 aromatic rings. The van der Waals surface area contributed by atoms with Crippen molar-refractivity contribution in [1.82, 2.24) is 5.32 Å². The van der Waals surface area contributed by atoms with Gasteiger partial charge in [-0.25, -0.2) is 0 Å². The van der Waals surface area contributed by atoms with Gasteiger partial charge in [0.25, 0.3) is 0 Å². The summed E-state index contributed by atoms with van der Waals surface area (Å²) >= 11 is 0. The second-order valence-corrected chi connectivity index (χ2v) is 1.83. The Kier molecular flexibility index (Phi) is 6.65. The van der Waals surface area contributed by atoms with E-state index in [4.69, 9.17) is 0 Å². The fourth-order valence-corrected chi connectivity index (χ4v) is 0.346. The molecule has 0 unspecified atom stereocenters. The Labute approximate surface area is 86.8 Å². The van der Waals surface area contributed by atoms with E-state index in [-0.39, 0.29) is 29.6 Å². The molecule has 0 aromatic heterocycles. The Bertz CT molecular complexity index is 104. The van der Waals surface area contributed by atoms with Crippen LogP contribution in [0.2, 0.25) is 0 Å². The van der Waals surface area contributed by atoms with Gasteiger partial charge in [0, 0.05) is 0 Å². The molecule has 12 heavy (non-hydrogen) atoms. The predicted molar refractivity (Wildman–Crippen MR) is 32.1 cm³/mol. The molecule has 0 amide bonds. The topological polar surface area (TPSA) is 12.0 Å². The van der Waals surface area contributed by atoms with E-state index < -0.39 is 25.4 Å². The van der Waals surface area contributed by atoms with E-state index in [1.165, 1.54) is 5.32 Å². The van der Waals surface area contributed by atoms with Gasteiger partial charge < -0.3 is 5.32 Å². The van der Waals surface area contributed by atoms with Crippen LogP contribution in [-0.4, -0.2) is 55.0 Å². The zero-order valence-electron chi connectivity index (χ0n) is 5.18. The molecule has 0 aromatic carbocycles. The molecule has 8 heteroatoms.